The molecule has 2 unspecified atom stereocenters. The predicted octanol–water partition coefficient (Wildman–Crippen LogP) is 3.42. The number of likely N-dealkylation sites (N-methyl/N-ethyl adjacent to an activating group) is 2. The Morgan fingerprint density at radius 2 is 1.82 bits per heavy atom. The summed E-state index contributed by atoms with van der Waals surface area (Å²) in [4.78, 5) is 2.62. The molecule has 0 radical (unpaired) electrons. The van der Waals surface area contributed by atoms with E-state index in [1.807, 2.05) is 0 Å². The molecule has 0 aliphatic heterocycles. The average Bonchev–Trinajstić information content (AvgIpc) is 2.55. The maximum absolute atomic E-state index is 3.70. The Morgan fingerprint density at radius 1 is 1.06 bits per heavy atom. The van der Waals surface area contributed by atoms with Crippen LogP contribution in [0.1, 0.15) is 65.2 Å². The normalized spacial score (nSPS) is 26.1. The second-order valence-electron chi connectivity index (χ2n) is 5.56. The van der Waals surface area contributed by atoms with Crippen LogP contribution in [-0.2, 0) is 0 Å². The van der Waals surface area contributed by atoms with Crippen LogP contribution >= 0.6 is 0 Å². The lowest BCUT2D eigenvalue weighted by Crippen LogP contribution is -2.48. The zero-order valence-electron chi connectivity index (χ0n) is 12.2. The van der Waals surface area contributed by atoms with Gasteiger partial charge in [0.25, 0.3) is 0 Å². The monoisotopic (exact) mass is 240 g/mol. The maximum Gasteiger partial charge on any atom is 0.0246 e. The fourth-order valence-corrected chi connectivity index (χ4v) is 3.09. The van der Waals surface area contributed by atoms with E-state index in [-0.39, 0.29) is 0 Å². The lowest BCUT2D eigenvalue weighted by atomic mass is 10.0. The van der Waals surface area contributed by atoms with Gasteiger partial charge < -0.3 is 10.2 Å². The van der Waals surface area contributed by atoms with E-state index < -0.39 is 0 Å². The minimum atomic E-state index is 0.731. The summed E-state index contributed by atoms with van der Waals surface area (Å²) < 4.78 is 0. The van der Waals surface area contributed by atoms with Crippen molar-refractivity contribution in [2.45, 2.75) is 77.3 Å². The SMILES string of the molecule is CCCCCN(C)C1CCCCCC1NCC. The minimum Gasteiger partial charge on any atom is -0.313 e. The zero-order valence-corrected chi connectivity index (χ0v) is 12.2. The van der Waals surface area contributed by atoms with Crippen molar-refractivity contribution >= 4 is 0 Å². The van der Waals surface area contributed by atoms with Crippen LogP contribution in [0.4, 0.5) is 0 Å². The second kappa shape index (κ2) is 8.93. The van der Waals surface area contributed by atoms with Crippen molar-refractivity contribution < 1.29 is 0 Å². The quantitative estimate of drug-likeness (QED) is 0.542. The third-order valence-electron chi connectivity index (χ3n) is 4.13. The van der Waals surface area contributed by atoms with E-state index in [2.05, 4.69) is 31.1 Å². The van der Waals surface area contributed by atoms with Crippen LogP contribution in [0.5, 0.6) is 0 Å². The Balaban J connectivity index is 2.43. The lowest BCUT2D eigenvalue weighted by molar-refractivity contribution is 0.180. The first-order valence-electron chi connectivity index (χ1n) is 7.73. The van der Waals surface area contributed by atoms with Crippen LogP contribution in [0, 0.1) is 0 Å². The molecule has 0 saturated heterocycles. The summed E-state index contributed by atoms with van der Waals surface area (Å²) in [5, 5.41) is 3.70. The molecule has 17 heavy (non-hydrogen) atoms. The third-order valence-corrected chi connectivity index (χ3v) is 4.13. The maximum atomic E-state index is 3.70. The number of hydrogen-bond donors (Lipinski definition) is 1. The Kier molecular flexibility index (Phi) is 7.87. The molecule has 1 rings (SSSR count). The molecular weight excluding hydrogens is 208 g/mol. The summed E-state index contributed by atoms with van der Waals surface area (Å²) in [5.74, 6) is 0. The molecule has 2 nitrogen and oxygen atoms in total. The van der Waals surface area contributed by atoms with Crippen molar-refractivity contribution in [3.63, 3.8) is 0 Å². The smallest absolute Gasteiger partial charge is 0.0246 e. The Labute approximate surface area is 108 Å². The molecular formula is C15H32N2. The van der Waals surface area contributed by atoms with Crippen LogP contribution in [0.2, 0.25) is 0 Å². The van der Waals surface area contributed by atoms with Gasteiger partial charge in [0.1, 0.15) is 0 Å². The molecule has 0 bridgehead atoms. The summed E-state index contributed by atoms with van der Waals surface area (Å²) in [6, 6.07) is 1.50. The van der Waals surface area contributed by atoms with Crippen LogP contribution in [0.15, 0.2) is 0 Å². The molecule has 0 amide bonds. The highest BCUT2D eigenvalue weighted by atomic mass is 15.2. The lowest BCUT2D eigenvalue weighted by Gasteiger charge is -2.34. The van der Waals surface area contributed by atoms with Gasteiger partial charge in [-0.3, -0.25) is 0 Å². The Bertz CT molecular complexity index is 182. The fraction of sp³-hybridized carbons (Fsp3) is 1.00. The molecule has 1 aliphatic carbocycles. The summed E-state index contributed by atoms with van der Waals surface area (Å²) in [5.41, 5.74) is 0. The molecule has 1 fully saturated rings. The number of nitrogens with zero attached hydrogens (tertiary/aromatic N) is 1. The van der Waals surface area contributed by atoms with Crippen LogP contribution < -0.4 is 5.32 Å². The summed E-state index contributed by atoms with van der Waals surface area (Å²) in [6.45, 7) is 6.91. The molecule has 2 heteroatoms. The summed E-state index contributed by atoms with van der Waals surface area (Å²) >= 11 is 0. The number of nitrogens with one attached hydrogen (secondary N) is 1. The van der Waals surface area contributed by atoms with Gasteiger partial charge in [0, 0.05) is 12.1 Å². The molecule has 1 saturated carbocycles. The minimum absolute atomic E-state index is 0.731. The first kappa shape index (κ1) is 15.0. The van der Waals surface area contributed by atoms with Gasteiger partial charge in [-0.1, -0.05) is 46.0 Å². The Hall–Kier alpha value is -0.0800. The zero-order chi connectivity index (χ0) is 12.5. The van der Waals surface area contributed by atoms with E-state index in [9.17, 15) is 0 Å². The second-order valence-corrected chi connectivity index (χ2v) is 5.56. The number of rotatable bonds is 7. The molecule has 0 spiro atoms. The van der Waals surface area contributed by atoms with Crippen molar-refractivity contribution in [2.75, 3.05) is 20.1 Å². The standard InChI is InChI=1S/C15H32N2/c1-4-6-10-13-17(3)15-12-9-7-8-11-14(15)16-5-2/h14-16H,4-13H2,1-3H3. The van der Waals surface area contributed by atoms with Crippen molar-refractivity contribution in [1.29, 1.82) is 0 Å². The first-order chi connectivity index (χ1) is 8.29. The van der Waals surface area contributed by atoms with E-state index in [1.165, 1.54) is 57.9 Å². The van der Waals surface area contributed by atoms with Crippen molar-refractivity contribution in [3.05, 3.63) is 0 Å². The topological polar surface area (TPSA) is 15.3 Å². The molecule has 0 aromatic heterocycles. The summed E-state index contributed by atoms with van der Waals surface area (Å²) in [6.07, 6.45) is 11.1. The summed E-state index contributed by atoms with van der Waals surface area (Å²) in [7, 11) is 2.33. The molecule has 1 aliphatic rings. The molecule has 0 aromatic rings. The van der Waals surface area contributed by atoms with E-state index >= 15 is 0 Å². The predicted molar refractivity (Wildman–Crippen MR) is 76.5 cm³/mol. The van der Waals surface area contributed by atoms with Gasteiger partial charge in [-0.2, -0.15) is 0 Å². The number of unbranched alkanes of at least 4 members (excludes halogenated alkanes) is 2. The van der Waals surface area contributed by atoms with Crippen molar-refractivity contribution in [1.82, 2.24) is 10.2 Å². The van der Waals surface area contributed by atoms with E-state index in [0.717, 1.165) is 18.6 Å². The van der Waals surface area contributed by atoms with E-state index in [0.29, 0.717) is 0 Å². The molecule has 1 N–H and O–H groups in total. The van der Waals surface area contributed by atoms with Crippen LogP contribution in [0.25, 0.3) is 0 Å². The number of hydrogen-bond acceptors (Lipinski definition) is 2. The van der Waals surface area contributed by atoms with Gasteiger partial charge in [-0.25, -0.2) is 0 Å². The van der Waals surface area contributed by atoms with Gasteiger partial charge in [-0.05, 0) is 39.4 Å². The average molecular weight is 240 g/mol. The first-order valence-corrected chi connectivity index (χ1v) is 7.73. The van der Waals surface area contributed by atoms with Gasteiger partial charge in [0.15, 0.2) is 0 Å². The molecule has 102 valence electrons. The highest BCUT2D eigenvalue weighted by Crippen LogP contribution is 2.22. The highest BCUT2D eigenvalue weighted by molar-refractivity contribution is 4.85. The molecule has 2 atom stereocenters. The largest absolute Gasteiger partial charge is 0.313 e. The van der Waals surface area contributed by atoms with Crippen molar-refractivity contribution in [3.8, 4) is 0 Å². The third kappa shape index (κ3) is 5.39. The van der Waals surface area contributed by atoms with Gasteiger partial charge in [0.2, 0.25) is 0 Å². The molecule has 0 heterocycles. The fourth-order valence-electron chi connectivity index (χ4n) is 3.09. The molecule has 0 aromatic carbocycles. The van der Waals surface area contributed by atoms with Gasteiger partial charge in [-0.15, -0.1) is 0 Å². The van der Waals surface area contributed by atoms with Crippen molar-refractivity contribution in [2.24, 2.45) is 0 Å². The Morgan fingerprint density at radius 3 is 2.53 bits per heavy atom. The van der Waals surface area contributed by atoms with Crippen LogP contribution in [0.3, 0.4) is 0 Å². The van der Waals surface area contributed by atoms with Gasteiger partial charge in [0.05, 0.1) is 0 Å². The van der Waals surface area contributed by atoms with Gasteiger partial charge >= 0.3 is 0 Å². The highest BCUT2D eigenvalue weighted by Gasteiger charge is 2.25. The van der Waals surface area contributed by atoms with E-state index in [4.69, 9.17) is 0 Å². The van der Waals surface area contributed by atoms with Crippen LogP contribution in [-0.4, -0.2) is 37.1 Å². The van der Waals surface area contributed by atoms with E-state index in [1.54, 1.807) is 0 Å².